The van der Waals surface area contributed by atoms with Gasteiger partial charge in [0.2, 0.25) is 5.91 Å². The van der Waals surface area contributed by atoms with Gasteiger partial charge in [-0.05, 0) is 61.4 Å². The average molecular weight is 438 g/mol. The fourth-order valence-corrected chi connectivity index (χ4v) is 4.42. The van der Waals surface area contributed by atoms with Crippen LogP contribution in [0.2, 0.25) is 0 Å². The lowest BCUT2D eigenvalue weighted by molar-refractivity contribution is -0.132. The van der Waals surface area contributed by atoms with E-state index in [1.54, 1.807) is 0 Å². The number of nitrogens with zero attached hydrogens (tertiary/aromatic N) is 2. The number of benzene rings is 2. The van der Waals surface area contributed by atoms with Crippen molar-refractivity contribution in [1.82, 2.24) is 4.90 Å². The molecule has 2 aromatic carbocycles. The highest BCUT2D eigenvalue weighted by molar-refractivity contribution is 6.23. The van der Waals surface area contributed by atoms with Crippen molar-refractivity contribution in [3.63, 3.8) is 0 Å². The molecule has 2 aliphatic rings. The first-order valence-electron chi connectivity index (χ1n) is 10.6. The first-order chi connectivity index (χ1) is 15.3. The van der Waals surface area contributed by atoms with E-state index in [4.69, 9.17) is 4.74 Å². The lowest BCUT2D eigenvalue weighted by atomic mass is 10.1. The highest BCUT2D eigenvalue weighted by Crippen LogP contribution is 2.33. The monoisotopic (exact) mass is 438 g/mol. The van der Waals surface area contributed by atoms with Crippen LogP contribution in [-0.2, 0) is 14.4 Å². The summed E-state index contributed by atoms with van der Waals surface area (Å²) >= 11 is 0. The molecule has 7 nitrogen and oxygen atoms in total. The van der Waals surface area contributed by atoms with Gasteiger partial charge < -0.3 is 9.64 Å². The first kappa shape index (κ1) is 21.7. The van der Waals surface area contributed by atoms with Crippen molar-refractivity contribution in [2.45, 2.75) is 51.1 Å². The first-order valence-corrected chi connectivity index (χ1v) is 10.6. The summed E-state index contributed by atoms with van der Waals surface area (Å²) in [7, 11) is 0. The second kappa shape index (κ2) is 8.90. The molecule has 1 aliphatic carbocycles. The Kier molecular flexibility index (Phi) is 6.03. The third-order valence-electron chi connectivity index (χ3n) is 5.86. The Labute approximate surface area is 184 Å². The zero-order chi connectivity index (χ0) is 22.8. The van der Waals surface area contributed by atoms with Gasteiger partial charge in [0.15, 0.2) is 0 Å². The Hall–Kier alpha value is -3.55. The van der Waals surface area contributed by atoms with Gasteiger partial charge in [0, 0.05) is 18.5 Å². The third-order valence-corrected chi connectivity index (χ3v) is 5.86. The number of ether oxygens (including phenoxy) is 1. The number of hydrogen-bond donors (Lipinski definition) is 0. The largest absolute Gasteiger partial charge is 0.427 e. The Balaban J connectivity index is 1.61. The van der Waals surface area contributed by atoms with Crippen LogP contribution in [0.15, 0.2) is 48.5 Å². The molecule has 166 valence electrons. The van der Waals surface area contributed by atoms with E-state index < -0.39 is 29.6 Å². The summed E-state index contributed by atoms with van der Waals surface area (Å²) in [5, 5.41) is 0. The van der Waals surface area contributed by atoms with Crippen molar-refractivity contribution in [2.24, 2.45) is 0 Å². The molecule has 1 saturated carbocycles. The zero-order valence-electron chi connectivity index (χ0n) is 17.6. The molecule has 0 bridgehead atoms. The fourth-order valence-electron chi connectivity index (χ4n) is 4.42. The van der Waals surface area contributed by atoms with Crippen LogP contribution in [0.3, 0.4) is 0 Å². The number of esters is 1. The van der Waals surface area contributed by atoms with E-state index in [9.17, 15) is 23.6 Å². The van der Waals surface area contributed by atoms with Crippen LogP contribution in [0, 0.1) is 5.82 Å². The van der Waals surface area contributed by atoms with Crippen LogP contribution in [-0.4, -0.2) is 40.7 Å². The number of anilines is 1. The average Bonchev–Trinajstić information content (AvgIpc) is 3.38. The molecule has 2 aromatic rings. The molecule has 8 heteroatoms. The lowest BCUT2D eigenvalue weighted by Gasteiger charge is -2.33. The zero-order valence-corrected chi connectivity index (χ0v) is 17.6. The predicted octanol–water partition coefficient (Wildman–Crippen LogP) is 3.47. The molecular formula is C24H23FN2O5. The maximum Gasteiger partial charge on any atom is 0.308 e. The van der Waals surface area contributed by atoms with Gasteiger partial charge >= 0.3 is 5.97 Å². The number of halogens is 1. The molecule has 0 aromatic heterocycles. The molecule has 1 unspecified atom stereocenters. The summed E-state index contributed by atoms with van der Waals surface area (Å²) in [5.74, 6) is -1.89. The molecule has 32 heavy (non-hydrogen) atoms. The molecular weight excluding hydrogens is 415 g/mol. The van der Waals surface area contributed by atoms with Crippen molar-refractivity contribution in [2.75, 3.05) is 4.90 Å². The SMILES string of the molecule is CC(=O)Oc1ccc(N2C(=O)CC(N(C(=O)c3ccc(F)cc3)C3CCCC3)C2=O)cc1. The van der Waals surface area contributed by atoms with Crippen LogP contribution in [0.5, 0.6) is 5.75 Å². The molecule has 0 radical (unpaired) electrons. The summed E-state index contributed by atoms with van der Waals surface area (Å²) < 4.78 is 18.3. The Bertz CT molecular complexity index is 1050. The van der Waals surface area contributed by atoms with Gasteiger partial charge in [0.1, 0.15) is 17.6 Å². The molecule has 1 aliphatic heterocycles. The number of amides is 3. The maximum absolute atomic E-state index is 13.3. The Morgan fingerprint density at radius 3 is 2.22 bits per heavy atom. The van der Waals surface area contributed by atoms with E-state index in [2.05, 4.69) is 0 Å². The summed E-state index contributed by atoms with van der Waals surface area (Å²) in [6, 6.07) is 10.2. The smallest absolute Gasteiger partial charge is 0.308 e. The molecule has 1 atom stereocenters. The van der Waals surface area contributed by atoms with E-state index in [1.807, 2.05) is 0 Å². The minimum absolute atomic E-state index is 0.117. The third kappa shape index (κ3) is 4.26. The van der Waals surface area contributed by atoms with Crippen molar-refractivity contribution in [3.8, 4) is 5.75 Å². The Morgan fingerprint density at radius 1 is 1.00 bits per heavy atom. The summed E-state index contributed by atoms with van der Waals surface area (Å²) in [6.45, 7) is 1.28. The van der Waals surface area contributed by atoms with Gasteiger partial charge in [-0.15, -0.1) is 0 Å². The van der Waals surface area contributed by atoms with E-state index >= 15 is 0 Å². The van der Waals surface area contributed by atoms with Crippen molar-refractivity contribution < 1.29 is 28.3 Å². The molecule has 1 heterocycles. The van der Waals surface area contributed by atoms with Gasteiger partial charge in [0.25, 0.3) is 11.8 Å². The number of rotatable bonds is 5. The highest BCUT2D eigenvalue weighted by Gasteiger charge is 2.47. The molecule has 0 spiro atoms. The second-order valence-electron chi connectivity index (χ2n) is 8.03. The van der Waals surface area contributed by atoms with E-state index in [0.717, 1.165) is 30.6 Å². The number of carbonyl (C=O) groups is 4. The van der Waals surface area contributed by atoms with Gasteiger partial charge in [0.05, 0.1) is 12.1 Å². The molecule has 3 amide bonds. The van der Waals surface area contributed by atoms with Crippen molar-refractivity contribution >= 4 is 29.4 Å². The van der Waals surface area contributed by atoms with Crippen LogP contribution in [0.25, 0.3) is 0 Å². The summed E-state index contributed by atoms with van der Waals surface area (Å²) in [4.78, 5) is 53.2. The van der Waals surface area contributed by atoms with Crippen LogP contribution < -0.4 is 9.64 Å². The number of carbonyl (C=O) groups excluding carboxylic acids is 4. The summed E-state index contributed by atoms with van der Waals surface area (Å²) in [6.07, 6.45) is 3.26. The molecule has 4 rings (SSSR count). The normalized spacial score (nSPS) is 18.8. The van der Waals surface area contributed by atoms with Crippen LogP contribution >= 0.6 is 0 Å². The predicted molar refractivity (Wildman–Crippen MR) is 113 cm³/mol. The van der Waals surface area contributed by atoms with Crippen molar-refractivity contribution in [1.29, 1.82) is 0 Å². The van der Waals surface area contributed by atoms with Gasteiger partial charge in [-0.1, -0.05) is 12.8 Å². The van der Waals surface area contributed by atoms with Gasteiger partial charge in [-0.2, -0.15) is 0 Å². The number of hydrogen-bond acceptors (Lipinski definition) is 5. The minimum Gasteiger partial charge on any atom is -0.427 e. The van der Waals surface area contributed by atoms with E-state index in [0.29, 0.717) is 11.4 Å². The van der Waals surface area contributed by atoms with Crippen molar-refractivity contribution in [3.05, 3.63) is 59.9 Å². The van der Waals surface area contributed by atoms with Gasteiger partial charge in [-0.3, -0.25) is 19.2 Å². The topological polar surface area (TPSA) is 84.0 Å². The maximum atomic E-state index is 13.3. The fraction of sp³-hybridized carbons (Fsp3) is 0.333. The van der Waals surface area contributed by atoms with Crippen LogP contribution in [0.4, 0.5) is 10.1 Å². The quantitative estimate of drug-likeness (QED) is 0.406. The highest BCUT2D eigenvalue weighted by atomic mass is 19.1. The Morgan fingerprint density at radius 2 is 1.62 bits per heavy atom. The standard InChI is InChI=1S/C24H23FN2O5/c1-15(28)32-20-12-10-19(11-13-20)27-22(29)14-21(24(27)31)26(18-4-2-3-5-18)23(30)16-6-8-17(25)9-7-16/h6-13,18,21H,2-5,14H2,1H3. The molecule has 2 fully saturated rings. The molecule has 0 N–H and O–H groups in total. The number of imide groups is 1. The van der Waals surface area contributed by atoms with Crippen LogP contribution in [0.1, 0.15) is 49.4 Å². The minimum atomic E-state index is -0.920. The van der Waals surface area contributed by atoms with E-state index in [1.165, 1.54) is 60.4 Å². The van der Waals surface area contributed by atoms with E-state index in [-0.39, 0.29) is 23.9 Å². The summed E-state index contributed by atoms with van der Waals surface area (Å²) in [5.41, 5.74) is 0.627. The molecule has 1 saturated heterocycles. The van der Waals surface area contributed by atoms with Gasteiger partial charge in [-0.25, -0.2) is 9.29 Å². The lowest BCUT2D eigenvalue weighted by Crippen LogP contribution is -2.50. The second-order valence-corrected chi connectivity index (χ2v) is 8.03.